The van der Waals surface area contributed by atoms with E-state index < -0.39 is 0 Å². The van der Waals surface area contributed by atoms with Crippen molar-refractivity contribution in [2.75, 3.05) is 5.73 Å². The van der Waals surface area contributed by atoms with Crippen LogP contribution in [0.5, 0.6) is 0 Å². The highest BCUT2D eigenvalue weighted by Crippen LogP contribution is 2.28. The molecule has 100 valence electrons. The quantitative estimate of drug-likeness (QED) is 0.782. The Kier molecular flexibility index (Phi) is 3.23. The zero-order valence-corrected chi connectivity index (χ0v) is 11.9. The largest absolute Gasteiger partial charge is 0.398 e. The molecule has 2 N–H and O–H groups in total. The van der Waals surface area contributed by atoms with E-state index in [0.717, 1.165) is 11.3 Å². The van der Waals surface area contributed by atoms with E-state index in [1.54, 1.807) is 47.7 Å². The molecule has 0 saturated carbocycles. The van der Waals surface area contributed by atoms with Crippen molar-refractivity contribution in [2.24, 2.45) is 0 Å². The van der Waals surface area contributed by atoms with Crippen LogP contribution in [0, 0.1) is 5.82 Å². The van der Waals surface area contributed by atoms with E-state index in [-0.39, 0.29) is 5.82 Å². The van der Waals surface area contributed by atoms with Gasteiger partial charge in [0.2, 0.25) is 0 Å². The predicted molar refractivity (Wildman–Crippen MR) is 78.9 cm³/mol. The number of nitrogen functional groups attached to an aromatic ring is 1. The average molecular weight is 333 g/mol. The molecule has 0 fully saturated rings. The van der Waals surface area contributed by atoms with E-state index in [4.69, 9.17) is 5.73 Å². The van der Waals surface area contributed by atoms with Crippen LogP contribution in [-0.2, 0) is 0 Å². The molecular weight excluding hydrogens is 323 g/mol. The lowest BCUT2D eigenvalue weighted by Gasteiger charge is -2.10. The van der Waals surface area contributed by atoms with Gasteiger partial charge in [0.25, 0.3) is 0 Å². The van der Waals surface area contributed by atoms with Gasteiger partial charge in [0.1, 0.15) is 5.82 Å². The molecule has 0 radical (unpaired) electrons. The van der Waals surface area contributed by atoms with E-state index >= 15 is 0 Å². The van der Waals surface area contributed by atoms with Crippen LogP contribution in [0.3, 0.4) is 0 Å². The van der Waals surface area contributed by atoms with Gasteiger partial charge in [-0.05, 0) is 40.2 Å². The Morgan fingerprint density at radius 1 is 1.15 bits per heavy atom. The minimum Gasteiger partial charge on any atom is -0.398 e. The average Bonchev–Trinajstić information content (AvgIpc) is 2.91. The normalized spacial score (nSPS) is 10.7. The van der Waals surface area contributed by atoms with Gasteiger partial charge in [0.15, 0.2) is 0 Å². The van der Waals surface area contributed by atoms with Gasteiger partial charge >= 0.3 is 0 Å². The number of halogens is 2. The Labute approximate surface area is 123 Å². The van der Waals surface area contributed by atoms with Crippen LogP contribution in [0.4, 0.5) is 10.1 Å². The third-order valence-corrected chi connectivity index (χ3v) is 3.59. The fourth-order valence-corrected chi connectivity index (χ4v) is 2.20. The third kappa shape index (κ3) is 2.18. The van der Waals surface area contributed by atoms with Crippen molar-refractivity contribution in [2.45, 2.75) is 0 Å². The predicted octanol–water partition coefficient (Wildman–Crippen LogP) is 3.42. The fraction of sp³-hybridized carbons (Fsp3) is 0. The lowest BCUT2D eigenvalue weighted by atomic mass is 10.2. The van der Waals surface area contributed by atoms with Crippen molar-refractivity contribution in [3.8, 4) is 16.9 Å². The van der Waals surface area contributed by atoms with Crippen LogP contribution in [0.2, 0.25) is 0 Å². The number of rotatable bonds is 2. The maximum atomic E-state index is 13.7. The molecule has 20 heavy (non-hydrogen) atoms. The Hall–Kier alpha value is -2.21. The Morgan fingerprint density at radius 2 is 2.00 bits per heavy atom. The lowest BCUT2D eigenvalue weighted by molar-refractivity contribution is 0.620. The minimum absolute atomic E-state index is 0.332. The van der Waals surface area contributed by atoms with E-state index in [1.807, 2.05) is 0 Å². The number of hydrogen-bond acceptors (Lipinski definition) is 3. The highest BCUT2D eigenvalue weighted by molar-refractivity contribution is 9.10. The van der Waals surface area contributed by atoms with Crippen LogP contribution in [0.1, 0.15) is 0 Å². The number of nitrogens with zero attached hydrogens (tertiary/aromatic N) is 3. The number of hydrogen-bond donors (Lipinski definition) is 1. The summed E-state index contributed by atoms with van der Waals surface area (Å²) in [7, 11) is 0. The first-order chi connectivity index (χ1) is 9.66. The summed E-state index contributed by atoms with van der Waals surface area (Å²) < 4.78 is 15.9. The molecule has 2 aromatic heterocycles. The van der Waals surface area contributed by atoms with Crippen molar-refractivity contribution in [3.63, 3.8) is 0 Å². The molecule has 0 aliphatic carbocycles. The third-order valence-electron chi connectivity index (χ3n) is 2.95. The summed E-state index contributed by atoms with van der Waals surface area (Å²) in [5, 5.41) is 0. The van der Waals surface area contributed by atoms with Gasteiger partial charge < -0.3 is 5.73 Å². The number of imidazole rings is 1. The van der Waals surface area contributed by atoms with Gasteiger partial charge in [0, 0.05) is 23.6 Å². The van der Waals surface area contributed by atoms with Gasteiger partial charge in [-0.3, -0.25) is 9.55 Å². The Morgan fingerprint density at radius 3 is 2.75 bits per heavy atom. The van der Waals surface area contributed by atoms with Crippen molar-refractivity contribution >= 4 is 21.6 Å². The molecule has 4 nitrogen and oxygen atoms in total. The van der Waals surface area contributed by atoms with Gasteiger partial charge in [-0.15, -0.1) is 0 Å². The highest BCUT2D eigenvalue weighted by atomic mass is 79.9. The zero-order chi connectivity index (χ0) is 14.1. The first-order valence-corrected chi connectivity index (χ1v) is 6.64. The zero-order valence-electron chi connectivity index (χ0n) is 10.3. The molecule has 0 amide bonds. The summed E-state index contributed by atoms with van der Waals surface area (Å²) in [6, 6.07) is 6.60. The molecule has 2 heterocycles. The molecule has 0 bridgehead atoms. The summed E-state index contributed by atoms with van der Waals surface area (Å²) in [4.78, 5) is 8.18. The van der Waals surface area contributed by atoms with Crippen LogP contribution >= 0.6 is 15.9 Å². The minimum atomic E-state index is -0.332. The molecule has 0 unspecified atom stereocenters. The number of aromatic nitrogens is 3. The van der Waals surface area contributed by atoms with Gasteiger partial charge in [0.05, 0.1) is 28.4 Å². The van der Waals surface area contributed by atoms with E-state index in [0.29, 0.717) is 15.8 Å². The number of nitrogens with two attached hydrogens (primary N) is 1. The summed E-state index contributed by atoms with van der Waals surface area (Å²) in [6.07, 6.45) is 6.58. The van der Waals surface area contributed by atoms with Gasteiger partial charge in [-0.2, -0.15) is 0 Å². The van der Waals surface area contributed by atoms with Gasteiger partial charge in [-0.25, -0.2) is 9.37 Å². The fourth-order valence-electron chi connectivity index (χ4n) is 1.95. The number of anilines is 1. The van der Waals surface area contributed by atoms with Crippen LogP contribution in [-0.4, -0.2) is 14.5 Å². The summed E-state index contributed by atoms with van der Waals surface area (Å²) >= 11 is 3.14. The molecule has 0 spiro atoms. The van der Waals surface area contributed by atoms with Crippen molar-refractivity contribution in [1.82, 2.24) is 14.5 Å². The Bertz CT molecular complexity index is 769. The lowest BCUT2D eigenvalue weighted by Crippen LogP contribution is -1.99. The maximum absolute atomic E-state index is 13.7. The molecule has 1 aromatic carbocycles. The molecule has 3 aromatic rings. The second-order valence-corrected chi connectivity index (χ2v) is 5.06. The second-order valence-electron chi connectivity index (χ2n) is 4.21. The van der Waals surface area contributed by atoms with Crippen LogP contribution in [0.15, 0.2) is 53.7 Å². The monoisotopic (exact) mass is 332 g/mol. The van der Waals surface area contributed by atoms with Crippen LogP contribution in [0.25, 0.3) is 16.9 Å². The van der Waals surface area contributed by atoms with Crippen molar-refractivity contribution < 1.29 is 4.39 Å². The molecule has 6 heteroatoms. The highest BCUT2D eigenvalue weighted by Gasteiger charge is 2.11. The number of benzene rings is 1. The summed E-state index contributed by atoms with van der Waals surface area (Å²) in [6.45, 7) is 0. The SMILES string of the molecule is Nc1ccncc1-c1cncn1-c1ccc(Br)c(F)c1. The second kappa shape index (κ2) is 5.05. The topological polar surface area (TPSA) is 56.7 Å². The van der Waals surface area contributed by atoms with Crippen molar-refractivity contribution in [1.29, 1.82) is 0 Å². The van der Waals surface area contributed by atoms with Crippen LogP contribution < -0.4 is 5.73 Å². The first-order valence-electron chi connectivity index (χ1n) is 5.84. The van der Waals surface area contributed by atoms with Crippen molar-refractivity contribution in [3.05, 3.63) is 59.5 Å². The summed E-state index contributed by atoms with van der Waals surface area (Å²) in [5.74, 6) is -0.332. The van der Waals surface area contributed by atoms with Gasteiger partial charge in [-0.1, -0.05) is 0 Å². The maximum Gasteiger partial charge on any atom is 0.139 e. The van der Waals surface area contributed by atoms with E-state index in [1.165, 1.54) is 6.07 Å². The van der Waals surface area contributed by atoms with E-state index in [9.17, 15) is 4.39 Å². The molecular formula is C14H10BrFN4. The molecule has 0 aliphatic heterocycles. The first kappa shape index (κ1) is 12.8. The molecule has 0 aliphatic rings. The Balaban J connectivity index is 2.15. The summed E-state index contributed by atoms with van der Waals surface area (Å²) in [5.41, 5.74) is 8.73. The number of pyridine rings is 1. The molecule has 0 saturated heterocycles. The molecule has 0 atom stereocenters. The van der Waals surface area contributed by atoms with E-state index in [2.05, 4.69) is 25.9 Å². The standard InChI is InChI=1S/C14H10BrFN4/c15-11-2-1-9(5-12(11)16)20-8-19-7-14(20)10-6-18-4-3-13(10)17/h1-8H,(H2,17,18). The molecule has 3 rings (SSSR count). The smallest absolute Gasteiger partial charge is 0.139 e.